The molecule has 0 saturated heterocycles. The Balaban J connectivity index is 1.56. The van der Waals surface area contributed by atoms with Crippen LogP contribution in [0.1, 0.15) is 43.7 Å². The minimum Gasteiger partial charge on any atom is -0.312 e. The molecule has 1 aliphatic rings. The number of aryl methyl sites for hydroxylation is 1. The van der Waals surface area contributed by atoms with Crippen LogP contribution in [0.15, 0.2) is 53.4 Å². The van der Waals surface area contributed by atoms with Gasteiger partial charge in [-0.2, -0.15) is 0 Å². The fourth-order valence-electron chi connectivity index (χ4n) is 3.63. The minimum atomic E-state index is -3.56. The maximum absolute atomic E-state index is 12.5. The van der Waals surface area contributed by atoms with E-state index in [1.165, 1.54) is 25.7 Å². The van der Waals surface area contributed by atoms with Crippen molar-refractivity contribution < 1.29 is 8.42 Å². The maximum Gasteiger partial charge on any atom is 0.261 e. The van der Waals surface area contributed by atoms with Gasteiger partial charge in [0.2, 0.25) is 0 Å². The monoisotopic (exact) mass is 386 g/mol. The van der Waals surface area contributed by atoms with Crippen LogP contribution in [-0.2, 0) is 16.6 Å². The normalized spacial score (nSPS) is 20.4. The summed E-state index contributed by atoms with van der Waals surface area (Å²) in [5.74, 6) is 1.64. The zero-order valence-electron chi connectivity index (χ0n) is 16.2. The van der Waals surface area contributed by atoms with Gasteiger partial charge in [0.25, 0.3) is 10.0 Å². The second kappa shape index (κ2) is 8.89. The Labute approximate surface area is 163 Å². The van der Waals surface area contributed by atoms with E-state index in [-0.39, 0.29) is 4.90 Å². The lowest BCUT2D eigenvalue weighted by Crippen LogP contribution is -2.25. The Bertz CT molecular complexity index is 839. The van der Waals surface area contributed by atoms with Crippen LogP contribution in [-0.4, -0.2) is 15.0 Å². The first-order valence-electron chi connectivity index (χ1n) is 9.81. The van der Waals surface area contributed by atoms with E-state index in [0.29, 0.717) is 5.69 Å². The fourth-order valence-corrected chi connectivity index (χ4v) is 4.68. The summed E-state index contributed by atoms with van der Waals surface area (Å²) < 4.78 is 27.8. The molecule has 1 saturated carbocycles. The van der Waals surface area contributed by atoms with Crippen LogP contribution in [0.3, 0.4) is 0 Å². The summed E-state index contributed by atoms with van der Waals surface area (Å²) in [5.41, 5.74) is 2.72. The lowest BCUT2D eigenvalue weighted by Gasteiger charge is -2.26. The van der Waals surface area contributed by atoms with Crippen molar-refractivity contribution in [2.24, 2.45) is 11.8 Å². The van der Waals surface area contributed by atoms with E-state index >= 15 is 0 Å². The van der Waals surface area contributed by atoms with E-state index in [4.69, 9.17) is 0 Å². The van der Waals surface area contributed by atoms with E-state index in [1.54, 1.807) is 30.3 Å². The lowest BCUT2D eigenvalue weighted by molar-refractivity contribution is 0.281. The molecule has 0 atom stereocenters. The molecule has 3 rings (SSSR count). The summed E-state index contributed by atoms with van der Waals surface area (Å²) in [6.07, 6.45) is 5.29. The van der Waals surface area contributed by atoms with E-state index in [2.05, 4.69) is 17.0 Å². The summed E-state index contributed by atoms with van der Waals surface area (Å²) in [7, 11) is -3.56. The first-order valence-corrected chi connectivity index (χ1v) is 11.3. The van der Waals surface area contributed by atoms with Crippen LogP contribution >= 0.6 is 0 Å². The maximum atomic E-state index is 12.5. The summed E-state index contributed by atoms with van der Waals surface area (Å²) in [6, 6.07) is 14.5. The third-order valence-electron chi connectivity index (χ3n) is 5.41. The molecule has 27 heavy (non-hydrogen) atoms. The number of hydrogen-bond donors (Lipinski definition) is 2. The molecule has 5 heteroatoms. The fraction of sp³-hybridized carbons (Fsp3) is 0.455. The van der Waals surface area contributed by atoms with E-state index in [9.17, 15) is 8.42 Å². The van der Waals surface area contributed by atoms with E-state index in [0.717, 1.165) is 36.1 Å². The third kappa shape index (κ3) is 5.81. The molecule has 4 nitrogen and oxygen atoms in total. The number of benzene rings is 2. The predicted octanol–water partition coefficient (Wildman–Crippen LogP) is 4.71. The molecule has 1 fully saturated rings. The minimum absolute atomic E-state index is 0.281. The molecule has 0 bridgehead atoms. The second-order valence-electron chi connectivity index (χ2n) is 7.88. The molecule has 0 radical (unpaired) electrons. The molecule has 2 aromatic rings. The molecule has 2 N–H and O–H groups in total. The molecule has 0 unspecified atom stereocenters. The van der Waals surface area contributed by atoms with Gasteiger partial charge in [-0.3, -0.25) is 4.72 Å². The highest BCUT2D eigenvalue weighted by atomic mass is 32.2. The highest BCUT2D eigenvalue weighted by Crippen LogP contribution is 2.27. The summed E-state index contributed by atoms with van der Waals surface area (Å²) in [4.78, 5) is 0.281. The molecule has 1 aliphatic carbocycles. The van der Waals surface area contributed by atoms with Crippen LogP contribution in [0.5, 0.6) is 0 Å². The number of nitrogens with one attached hydrogen (secondary N) is 2. The lowest BCUT2D eigenvalue weighted by atomic mass is 9.83. The van der Waals surface area contributed by atoms with Crippen molar-refractivity contribution in [1.82, 2.24) is 5.32 Å². The third-order valence-corrected chi connectivity index (χ3v) is 6.81. The standard InChI is InChI=1S/C22H30N2O2S/c1-17-6-10-19(11-7-17)15-23-16-20-4-3-5-21(14-20)24-27(25,26)22-12-8-18(2)9-13-22/h3-5,8-9,12-14,17,19,23-24H,6-7,10-11,15-16H2,1-2H3. The van der Waals surface area contributed by atoms with Gasteiger partial charge in [0, 0.05) is 12.2 Å². The van der Waals surface area contributed by atoms with Crippen molar-refractivity contribution in [3.8, 4) is 0 Å². The summed E-state index contributed by atoms with van der Waals surface area (Å²) >= 11 is 0. The highest BCUT2D eigenvalue weighted by molar-refractivity contribution is 7.92. The van der Waals surface area contributed by atoms with Gasteiger partial charge in [-0.25, -0.2) is 8.42 Å². The Morgan fingerprint density at radius 2 is 1.70 bits per heavy atom. The Hall–Kier alpha value is -1.85. The van der Waals surface area contributed by atoms with Gasteiger partial charge >= 0.3 is 0 Å². The van der Waals surface area contributed by atoms with Crippen molar-refractivity contribution in [2.75, 3.05) is 11.3 Å². The van der Waals surface area contributed by atoms with Crippen LogP contribution in [0.2, 0.25) is 0 Å². The van der Waals surface area contributed by atoms with Gasteiger partial charge in [0.15, 0.2) is 0 Å². The van der Waals surface area contributed by atoms with Gasteiger partial charge in [-0.15, -0.1) is 0 Å². The zero-order valence-corrected chi connectivity index (χ0v) is 17.1. The van der Waals surface area contributed by atoms with Crippen molar-refractivity contribution in [3.05, 3.63) is 59.7 Å². The molecule has 2 aromatic carbocycles. The van der Waals surface area contributed by atoms with Gasteiger partial charge in [0.1, 0.15) is 0 Å². The molecular formula is C22H30N2O2S. The SMILES string of the molecule is Cc1ccc(S(=O)(=O)Nc2cccc(CNCC3CCC(C)CC3)c2)cc1. The topological polar surface area (TPSA) is 58.2 Å². The van der Waals surface area contributed by atoms with Crippen LogP contribution in [0, 0.1) is 18.8 Å². The Morgan fingerprint density at radius 3 is 2.41 bits per heavy atom. The van der Waals surface area contributed by atoms with Crippen molar-refractivity contribution in [2.45, 2.75) is 51.0 Å². The van der Waals surface area contributed by atoms with E-state index < -0.39 is 10.0 Å². The van der Waals surface area contributed by atoms with E-state index in [1.807, 2.05) is 25.1 Å². The average Bonchev–Trinajstić information content (AvgIpc) is 2.64. The van der Waals surface area contributed by atoms with Crippen LogP contribution < -0.4 is 10.0 Å². The smallest absolute Gasteiger partial charge is 0.261 e. The largest absolute Gasteiger partial charge is 0.312 e. The summed E-state index contributed by atoms with van der Waals surface area (Å²) in [5, 5.41) is 3.54. The average molecular weight is 387 g/mol. The summed E-state index contributed by atoms with van der Waals surface area (Å²) in [6.45, 7) is 6.07. The molecule has 0 amide bonds. The number of rotatable bonds is 7. The molecule has 0 spiro atoms. The Kier molecular flexibility index (Phi) is 6.55. The number of hydrogen-bond acceptors (Lipinski definition) is 3. The molecule has 0 aliphatic heterocycles. The Morgan fingerprint density at radius 1 is 1.00 bits per heavy atom. The predicted molar refractivity (Wildman–Crippen MR) is 111 cm³/mol. The van der Waals surface area contributed by atoms with Crippen LogP contribution in [0.4, 0.5) is 5.69 Å². The highest BCUT2D eigenvalue weighted by Gasteiger charge is 2.17. The molecule has 146 valence electrons. The number of anilines is 1. The van der Waals surface area contributed by atoms with Gasteiger partial charge in [-0.05, 0) is 68.0 Å². The van der Waals surface area contributed by atoms with Crippen LogP contribution in [0.25, 0.3) is 0 Å². The van der Waals surface area contributed by atoms with Gasteiger partial charge in [0.05, 0.1) is 4.90 Å². The number of sulfonamides is 1. The quantitative estimate of drug-likeness (QED) is 0.724. The van der Waals surface area contributed by atoms with Gasteiger partial charge in [-0.1, -0.05) is 49.6 Å². The second-order valence-corrected chi connectivity index (χ2v) is 9.56. The molecular weight excluding hydrogens is 356 g/mol. The van der Waals surface area contributed by atoms with Crippen molar-refractivity contribution in [1.29, 1.82) is 0 Å². The zero-order chi connectivity index (χ0) is 19.3. The van der Waals surface area contributed by atoms with Crippen molar-refractivity contribution in [3.63, 3.8) is 0 Å². The molecule has 0 aromatic heterocycles. The first-order chi connectivity index (χ1) is 12.9. The van der Waals surface area contributed by atoms with Crippen molar-refractivity contribution >= 4 is 15.7 Å². The molecule has 0 heterocycles. The first kappa shape index (κ1) is 19.9. The van der Waals surface area contributed by atoms with Gasteiger partial charge < -0.3 is 5.32 Å².